The topological polar surface area (TPSA) is 88.0 Å². The minimum Gasteiger partial charge on any atom is -0.493 e. The molecular weight excluding hydrogens is 344 g/mol. The lowest BCUT2D eigenvalue weighted by atomic mass is 10.1. The summed E-state index contributed by atoms with van der Waals surface area (Å²) in [6.45, 7) is 5.48. The lowest BCUT2D eigenvalue weighted by Crippen LogP contribution is -2.42. The van der Waals surface area contributed by atoms with E-state index in [1.54, 1.807) is 31.6 Å². The van der Waals surface area contributed by atoms with E-state index in [9.17, 15) is 5.11 Å². The number of hydrogen-bond donors (Lipinski definition) is 3. The van der Waals surface area contributed by atoms with Crippen molar-refractivity contribution in [3.8, 4) is 11.5 Å². The lowest BCUT2D eigenvalue weighted by molar-refractivity contribution is 0.187. The summed E-state index contributed by atoms with van der Waals surface area (Å²) in [5.41, 5.74) is 0.789. The first kappa shape index (κ1) is 20.5. The fourth-order valence-corrected chi connectivity index (χ4v) is 2.43. The largest absolute Gasteiger partial charge is 0.493 e. The quantitative estimate of drug-likeness (QED) is 0.462. The second-order valence-electron chi connectivity index (χ2n) is 5.98. The Morgan fingerprint density at radius 1 is 1.15 bits per heavy atom. The second kappa shape index (κ2) is 11.0. The van der Waals surface area contributed by atoms with Gasteiger partial charge in [-0.3, -0.25) is 9.98 Å². The number of nitrogens with one attached hydrogen (secondary N) is 2. The molecule has 0 spiro atoms. The number of para-hydroxylation sites is 2. The van der Waals surface area contributed by atoms with E-state index in [1.165, 1.54) is 0 Å². The Kier molecular flexibility index (Phi) is 8.38. The average molecular weight is 372 g/mol. The summed E-state index contributed by atoms with van der Waals surface area (Å²) in [6, 6.07) is 11.1. The number of benzene rings is 1. The van der Waals surface area contributed by atoms with E-state index in [4.69, 9.17) is 9.47 Å². The van der Waals surface area contributed by atoms with Gasteiger partial charge in [-0.1, -0.05) is 12.1 Å². The molecule has 0 fully saturated rings. The van der Waals surface area contributed by atoms with Gasteiger partial charge in [-0.25, -0.2) is 0 Å². The van der Waals surface area contributed by atoms with Crippen LogP contribution in [0.15, 0.2) is 53.8 Å². The van der Waals surface area contributed by atoms with Gasteiger partial charge in [0.2, 0.25) is 0 Å². The van der Waals surface area contributed by atoms with Crippen molar-refractivity contribution in [1.82, 2.24) is 15.6 Å². The maximum Gasteiger partial charge on any atom is 0.191 e. The SMILES string of the molecule is CCNC(=NCC(O)c1ccncc1)NCC(C)Oc1ccccc1OC. The molecule has 146 valence electrons. The van der Waals surface area contributed by atoms with Gasteiger partial charge in [0.15, 0.2) is 17.5 Å². The fourth-order valence-electron chi connectivity index (χ4n) is 2.43. The van der Waals surface area contributed by atoms with E-state index in [2.05, 4.69) is 20.6 Å². The Balaban J connectivity index is 1.89. The van der Waals surface area contributed by atoms with Gasteiger partial charge in [0.25, 0.3) is 0 Å². The first-order valence-corrected chi connectivity index (χ1v) is 9.03. The molecular formula is C20H28N4O3. The number of rotatable bonds is 9. The molecule has 1 aromatic carbocycles. The van der Waals surface area contributed by atoms with Gasteiger partial charge in [-0.15, -0.1) is 0 Å². The van der Waals surface area contributed by atoms with E-state index in [0.717, 1.165) is 12.1 Å². The third kappa shape index (κ3) is 6.79. The van der Waals surface area contributed by atoms with Gasteiger partial charge >= 0.3 is 0 Å². The Hall–Kier alpha value is -2.80. The molecule has 7 nitrogen and oxygen atoms in total. The van der Waals surface area contributed by atoms with E-state index in [1.807, 2.05) is 38.1 Å². The second-order valence-corrected chi connectivity index (χ2v) is 5.98. The van der Waals surface area contributed by atoms with Crippen LogP contribution in [-0.4, -0.2) is 48.9 Å². The van der Waals surface area contributed by atoms with Crippen molar-refractivity contribution in [2.24, 2.45) is 4.99 Å². The lowest BCUT2D eigenvalue weighted by Gasteiger charge is -2.19. The first-order valence-electron chi connectivity index (χ1n) is 9.03. The minimum absolute atomic E-state index is 0.102. The predicted molar refractivity (Wildman–Crippen MR) is 106 cm³/mol. The molecule has 27 heavy (non-hydrogen) atoms. The number of aliphatic hydroxyl groups excluding tert-OH is 1. The molecule has 2 aromatic rings. The molecule has 0 radical (unpaired) electrons. The van der Waals surface area contributed by atoms with Crippen LogP contribution in [0.1, 0.15) is 25.5 Å². The molecule has 0 amide bonds. The molecule has 0 bridgehead atoms. The summed E-state index contributed by atoms with van der Waals surface area (Å²) in [6.07, 6.45) is 2.53. The number of hydrogen-bond acceptors (Lipinski definition) is 5. The van der Waals surface area contributed by atoms with Gasteiger partial charge in [0.1, 0.15) is 6.10 Å². The molecule has 0 aliphatic heterocycles. The summed E-state index contributed by atoms with van der Waals surface area (Å²) < 4.78 is 11.2. The van der Waals surface area contributed by atoms with Crippen LogP contribution in [0.4, 0.5) is 0 Å². The highest BCUT2D eigenvalue weighted by Crippen LogP contribution is 2.26. The third-order valence-electron chi connectivity index (χ3n) is 3.81. The number of nitrogens with zero attached hydrogens (tertiary/aromatic N) is 2. The third-order valence-corrected chi connectivity index (χ3v) is 3.81. The number of aromatic nitrogens is 1. The van der Waals surface area contributed by atoms with Crippen LogP contribution in [0.3, 0.4) is 0 Å². The van der Waals surface area contributed by atoms with Crippen molar-refractivity contribution >= 4 is 5.96 Å². The zero-order valence-corrected chi connectivity index (χ0v) is 16.1. The molecule has 2 unspecified atom stereocenters. The van der Waals surface area contributed by atoms with Crippen LogP contribution < -0.4 is 20.1 Å². The monoisotopic (exact) mass is 372 g/mol. The van der Waals surface area contributed by atoms with Crippen molar-refractivity contribution in [2.45, 2.75) is 26.1 Å². The van der Waals surface area contributed by atoms with Crippen LogP contribution in [0, 0.1) is 0 Å². The molecule has 3 N–H and O–H groups in total. The number of aliphatic imine (C=N–C) groups is 1. The smallest absolute Gasteiger partial charge is 0.191 e. The van der Waals surface area contributed by atoms with Gasteiger partial charge in [0, 0.05) is 18.9 Å². The molecule has 0 aliphatic carbocycles. The van der Waals surface area contributed by atoms with Gasteiger partial charge in [0.05, 0.1) is 26.3 Å². The average Bonchev–Trinajstić information content (AvgIpc) is 2.71. The molecule has 2 atom stereocenters. The summed E-state index contributed by atoms with van der Waals surface area (Å²) in [7, 11) is 1.62. The van der Waals surface area contributed by atoms with Gasteiger partial charge in [-0.2, -0.15) is 0 Å². The summed E-state index contributed by atoms with van der Waals surface area (Å²) in [5, 5.41) is 16.6. The van der Waals surface area contributed by atoms with Crippen LogP contribution in [0.2, 0.25) is 0 Å². The standard InChI is InChI=1S/C20H28N4O3/c1-4-22-20(24-14-17(25)16-9-11-21-12-10-16)23-13-15(2)27-19-8-6-5-7-18(19)26-3/h5-12,15,17,25H,4,13-14H2,1-3H3,(H2,22,23,24). The van der Waals surface area contributed by atoms with E-state index >= 15 is 0 Å². The highest BCUT2D eigenvalue weighted by molar-refractivity contribution is 5.79. The summed E-state index contributed by atoms with van der Waals surface area (Å²) in [4.78, 5) is 8.40. The zero-order chi connectivity index (χ0) is 19.5. The van der Waals surface area contributed by atoms with Crippen LogP contribution in [0.25, 0.3) is 0 Å². The Morgan fingerprint density at radius 2 is 1.85 bits per heavy atom. The van der Waals surface area contributed by atoms with Gasteiger partial charge in [-0.05, 0) is 43.7 Å². The molecule has 7 heteroatoms. The molecule has 1 heterocycles. The number of aliphatic hydroxyl groups is 1. The highest BCUT2D eigenvalue weighted by Gasteiger charge is 2.10. The van der Waals surface area contributed by atoms with Crippen LogP contribution in [0.5, 0.6) is 11.5 Å². The van der Waals surface area contributed by atoms with E-state index < -0.39 is 6.10 Å². The first-order chi connectivity index (χ1) is 13.1. The normalized spacial score (nSPS) is 13.6. The Labute approximate surface area is 160 Å². The van der Waals surface area contributed by atoms with Crippen LogP contribution >= 0.6 is 0 Å². The maximum atomic E-state index is 10.2. The maximum absolute atomic E-state index is 10.2. The Morgan fingerprint density at radius 3 is 2.52 bits per heavy atom. The molecule has 0 saturated carbocycles. The summed E-state index contributed by atoms with van der Waals surface area (Å²) in [5.74, 6) is 2.02. The minimum atomic E-state index is -0.675. The number of pyridine rings is 1. The number of guanidine groups is 1. The zero-order valence-electron chi connectivity index (χ0n) is 16.1. The van der Waals surface area contributed by atoms with Crippen molar-refractivity contribution < 1.29 is 14.6 Å². The predicted octanol–water partition coefficient (Wildman–Crippen LogP) is 2.15. The van der Waals surface area contributed by atoms with Crippen molar-refractivity contribution in [2.75, 3.05) is 26.7 Å². The molecule has 1 aromatic heterocycles. The van der Waals surface area contributed by atoms with E-state index in [0.29, 0.717) is 24.0 Å². The number of ether oxygens (including phenoxy) is 2. The van der Waals surface area contributed by atoms with E-state index in [-0.39, 0.29) is 12.6 Å². The van der Waals surface area contributed by atoms with Crippen molar-refractivity contribution in [1.29, 1.82) is 0 Å². The molecule has 0 aliphatic rings. The van der Waals surface area contributed by atoms with Crippen LogP contribution in [-0.2, 0) is 0 Å². The summed E-state index contributed by atoms with van der Waals surface area (Å²) >= 11 is 0. The fraction of sp³-hybridized carbons (Fsp3) is 0.400. The molecule has 2 rings (SSSR count). The number of methoxy groups -OCH3 is 1. The molecule has 0 saturated heterocycles. The highest BCUT2D eigenvalue weighted by atomic mass is 16.5. The Bertz CT molecular complexity index is 709. The van der Waals surface area contributed by atoms with Gasteiger partial charge < -0.3 is 25.2 Å². The van der Waals surface area contributed by atoms with Crippen molar-refractivity contribution in [3.05, 3.63) is 54.4 Å². The van der Waals surface area contributed by atoms with Crippen molar-refractivity contribution in [3.63, 3.8) is 0 Å².